The zero-order valence-corrected chi connectivity index (χ0v) is 32.3. The number of ether oxygens (including phenoxy) is 6. The second-order valence-corrected chi connectivity index (χ2v) is 15.2. The van der Waals surface area contributed by atoms with Crippen LogP contribution in [-0.4, -0.2) is 72.2 Å². The summed E-state index contributed by atoms with van der Waals surface area (Å²) in [5.41, 5.74) is 0.837. The Bertz CT molecular complexity index is 1840. The summed E-state index contributed by atoms with van der Waals surface area (Å²) in [6, 6.07) is 34.8. The summed E-state index contributed by atoms with van der Waals surface area (Å²) in [5.74, 6) is -1.80. The van der Waals surface area contributed by atoms with E-state index in [9.17, 15) is 19.2 Å². The molecule has 2 fully saturated rings. The van der Waals surface area contributed by atoms with E-state index in [4.69, 9.17) is 28.4 Å². The third kappa shape index (κ3) is 11.3. The highest BCUT2D eigenvalue weighted by Gasteiger charge is 2.53. The molecule has 56 heavy (non-hydrogen) atoms. The molecule has 1 aliphatic carbocycles. The van der Waals surface area contributed by atoms with E-state index in [1.807, 2.05) is 37.3 Å². The number of hydrogen-bond donors (Lipinski definition) is 0. The van der Waals surface area contributed by atoms with E-state index in [0.717, 1.165) is 37.7 Å². The van der Waals surface area contributed by atoms with Crippen molar-refractivity contribution in [1.29, 1.82) is 0 Å². The number of benzene rings is 4. The fraction of sp³-hybridized carbons (Fsp3) is 0.378. The van der Waals surface area contributed by atoms with Gasteiger partial charge in [0.1, 0.15) is 30.9 Å². The lowest BCUT2D eigenvalue weighted by Gasteiger charge is -2.45. The highest BCUT2D eigenvalue weighted by Crippen LogP contribution is 2.37. The van der Waals surface area contributed by atoms with Crippen LogP contribution in [-0.2, 0) is 39.8 Å². The first-order valence-electron chi connectivity index (χ1n) is 19.3. The highest BCUT2D eigenvalue weighted by atomic mass is 32.2. The second-order valence-electron chi connectivity index (χ2n) is 13.9. The van der Waals surface area contributed by atoms with Crippen molar-refractivity contribution in [2.75, 3.05) is 12.4 Å². The molecule has 1 saturated carbocycles. The Morgan fingerprint density at radius 1 is 0.643 bits per heavy atom. The molecule has 1 aliphatic heterocycles. The Kier molecular flexibility index (Phi) is 15.1. The highest BCUT2D eigenvalue weighted by molar-refractivity contribution is 7.99. The van der Waals surface area contributed by atoms with Crippen LogP contribution in [0, 0.1) is 5.92 Å². The molecule has 1 heterocycles. The SMILES string of the molecule is CCSC1OC(COC(=O)c2ccccc2)C(OC(=O)c2ccccc2)[C@H](O[C@@H](CC2CCCCC2)C(=O)OCc2ccccc2)C1OC(=O)c1ccccc1. The quantitative estimate of drug-likeness (QED) is 0.0807. The molecule has 294 valence electrons. The molecule has 4 aromatic rings. The first kappa shape index (κ1) is 40.7. The molecule has 0 amide bonds. The second kappa shape index (κ2) is 20.8. The summed E-state index contributed by atoms with van der Waals surface area (Å²) in [6.07, 6.45) is -0.521. The van der Waals surface area contributed by atoms with E-state index < -0.39 is 59.8 Å². The molecule has 4 aromatic carbocycles. The van der Waals surface area contributed by atoms with Crippen molar-refractivity contribution < 1.29 is 47.6 Å². The van der Waals surface area contributed by atoms with Crippen LogP contribution >= 0.6 is 11.8 Å². The summed E-state index contributed by atoms with van der Waals surface area (Å²) in [6.45, 7) is 1.63. The van der Waals surface area contributed by atoms with Crippen molar-refractivity contribution in [3.8, 4) is 0 Å². The van der Waals surface area contributed by atoms with E-state index in [2.05, 4.69) is 0 Å². The molecular weight excluding hydrogens is 733 g/mol. The lowest BCUT2D eigenvalue weighted by atomic mass is 9.85. The maximum absolute atomic E-state index is 14.2. The molecule has 1 saturated heterocycles. The minimum absolute atomic E-state index is 0.0309. The zero-order chi connectivity index (χ0) is 39.1. The predicted octanol–water partition coefficient (Wildman–Crippen LogP) is 8.24. The van der Waals surface area contributed by atoms with E-state index in [1.165, 1.54) is 11.8 Å². The minimum atomic E-state index is -1.30. The maximum atomic E-state index is 14.2. The predicted molar refractivity (Wildman–Crippen MR) is 211 cm³/mol. The van der Waals surface area contributed by atoms with Gasteiger partial charge in [0.15, 0.2) is 18.3 Å². The van der Waals surface area contributed by atoms with Crippen molar-refractivity contribution in [3.05, 3.63) is 144 Å². The molecule has 6 atom stereocenters. The standard InChI is InChI=1S/C45H48O10S/c1-2-56-45-40(55-43(48)35-26-16-7-17-27-35)39(52-36(28-31-18-8-3-9-19-31)44(49)50-29-32-20-10-4-11-21-32)38(54-42(47)34-24-14-6-15-25-34)37(53-45)30-51-41(46)33-22-12-5-13-23-33/h4-7,10-17,20-27,31,36-40,45H,2-3,8-9,18-19,28-30H2,1H3/t36-,37?,38?,39-,40?,45?/m0/s1. The van der Waals surface area contributed by atoms with Crippen LogP contribution in [0.4, 0.5) is 0 Å². The van der Waals surface area contributed by atoms with Gasteiger partial charge in [-0.3, -0.25) is 0 Å². The third-order valence-corrected chi connectivity index (χ3v) is 10.9. The van der Waals surface area contributed by atoms with Gasteiger partial charge in [-0.05, 0) is 60.1 Å². The monoisotopic (exact) mass is 780 g/mol. The molecule has 0 bridgehead atoms. The van der Waals surface area contributed by atoms with E-state index in [-0.39, 0.29) is 24.7 Å². The largest absolute Gasteiger partial charge is 0.459 e. The Balaban J connectivity index is 1.38. The Hall–Kier alpha value is -4.97. The number of thioether (sulfide) groups is 1. The summed E-state index contributed by atoms with van der Waals surface area (Å²) < 4.78 is 37.6. The van der Waals surface area contributed by atoms with Crippen LogP contribution in [0.15, 0.2) is 121 Å². The number of carbonyl (C=O) groups excluding carboxylic acids is 4. The fourth-order valence-electron chi connectivity index (χ4n) is 7.02. The molecule has 0 N–H and O–H groups in total. The number of hydrogen-bond acceptors (Lipinski definition) is 11. The zero-order valence-electron chi connectivity index (χ0n) is 31.4. The van der Waals surface area contributed by atoms with Gasteiger partial charge in [-0.2, -0.15) is 0 Å². The normalized spacial score (nSPS) is 21.6. The van der Waals surface area contributed by atoms with Crippen LogP contribution in [0.2, 0.25) is 0 Å². The van der Waals surface area contributed by atoms with Gasteiger partial charge in [-0.25, -0.2) is 19.2 Å². The first-order chi connectivity index (χ1) is 27.4. The lowest BCUT2D eigenvalue weighted by molar-refractivity contribution is -0.235. The van der Waals surface area contributed by atoms with Crippen LogP contribution in [0.25, 0.3) is 0 Å². The number of esters is 4. The van der Waals surface area contributed by atoms with Gasteiger partial charge in [0, 0.05) is 0 Å². The van der Waals surface area contributed by atoms with Crippen LogP contribution in [0.3, 0.4) is 0 Å². The van der Waals surface area contributed by atoms with E-state index in [1.54, 1.807) is 91.0 Å². The average Bonchev–Trinajstić information content (AvgIpc) is 3.25. The van der Waals surface area contributed by atoms with Crippen molar-refractivity contribution in [3.63, 3.8) is 0 Å². The molecule has 2 aliphatic rings. The van der Waals surface area contributed by atoms with Gasteiger partial charge in [0.25, 0.3) is 0 Å². The number of rotatable bonds is 16. The van der Waals surface area contributed by atoms with Gasteiger partial charge in [0.05, 0.1) is 16.7 Å². The topological polar surface area (TPSA) is 124 Å². The van der Waals surface area contributed by atoms with Gasteiger partial charge in [0.2, 0.25) is 0 Å². The molecule has 0 aromatic heterocycles. The van der Waals surface area contributed by atoms with Crippen molar-refractivity contribution >= 4 is 35.6 Å². The summed E-state index contributed by atoms with van der Waals surface area (Å²) >= 11 is 1.36. The van der Waals surface area contributed by atoms with Crippen LogP contribution < -0.4 is 0 Å². The molecular formula is C45H48O10S. The molecule has 10 nitrogen and oxygen atoms in total. The van der Waals surface area contributed by atoms with Gasteiger partial charge in [-0.1, -0.05) is 124 Å². The Morgan fingerprint density at radius 2 is 1.16 bits per heavy atom. The molecule has 11 heteroatoms. The number of carbonyl (C=O) groups is 4. The van der Waals surface area contributed by atoms with Crippen molar-refractivity contribution in [2.45, 2.75) is 88.0 Å². The van der Waals surface area contributed by atoms with Gasteiger partial charge < -0.3 is 28.4 Å². The Morgan fingerprint density at radius 3 is 1.71 bits per heavy atom. The minimum Gasteiger partial charge on any atom is -0.459 e. The van der Waals surface area contributed by atoms with Crippen LogP contribution in [0.1, 0.15) is 82.1 Å². The summed E-state index contributed by atoms with van der Waals surface area (Å²) in [7, 11) is 0. The van der Waals surface area contributed by atoms with E-state index in [0.29, 0.717) is 23.3 Å². The molecule has 6 rings (SSSR count). The summed E-state index contributed by atoms with van der Waals surface area (Å²) in [5, 5.41) is 0. The smallest absolute Gasteiger partial charge is 0.338 e. The molecule has 4 unspecified atom stereocenters. The molecule has 0 radical (unpaired) electrons. The van der Waals surface area contributed by atoms with Crippen LogP contribution in [0.5, 0.6) is 0 Å². The maximum Gasteiger partial charge on any atom is 0.338 e. The average molecular weight is 781 g/mol. The first-order valence-corrected chi connectivity index (χ1v) is 20.3. The third-order valence-electron chi connectivity index (χ3n) is 9.90. The lowest BCUT2D eigenvalue weighted by Crippen LogP contribution is -2.62. The van der Waals surface area contributed by atoms with E-state index >= 15 is 0 Å². The van der Waals surface area contributed by atoms with Gasteiger partial charge in [-0.15, -0.1) is 11.8 Å². The molecule has 0 spiro atoms. The van der Waals surface area contributed by atoms with Crippen molar-refractivity contribution in [2.24, 2.45) is 5.92 Å². The van der Waals surface area contributed by atoms with Crippen molar-refractivity contribution in [1.82, 2.24) is 0 Å². The van der Waals surface area contributed by atoms with Gasteiger partial charge >= 0.3 is 23.9 Å². The summed E-state index contributed by atoms with van der Waals surface area (Å²) in [4.78, 5) is 55.0. The Labute approximate surface area is 332 Å². The fourth-order valence-corrected chi connectivity index (χ4v) is 7.97.